The number of alkyl halides is 3. The molecule has 2 aromatic heterocycles. The van der Waals surface area contributed by atoms with Gasteiger partial charge in [-0.1, -0.05) is 25.3 Å². The van der Waals surface area contributed by atoms with Crippen LogP contribution in [0.25, 0.3) is 10.9 Å². The van der Waals surface area contributed by atoms with Crippen molar-refractivity contribution in [2.45, 2.75) is 69.2 Å². The number of halogens is 3. The molecular formula is C24H25F3N4O2. The van der Waals surface area contributed by atoms with E-state index in [2.05, 4.69) is 10.3 Å². The van der Waals surface area contributed by atoms with Gasteiger partial charge >= 0.3 is 6.18 Å². The minimum atomic E-state index is -4.73. The maximum Gasteiger partial charge on any atom is 0.422 e. The van der Waals surface area contributed by atoms with Crippen LogP contribution in [0.3, 0.4) is 0 Å². The van der Waals surface area contributed by atoms with Crippen molar-refractivity contribution in [1.29, 1.82) is 0 Å². The highest BCUT2D eigenvalue weighted by atomic mass is 19.4. The van der Waals surface area contributed by atoms with Crippen LogP contribution in [0.5, 0.6) is 0 Å². The molecule has 3 aliphatic rings. The second kappa shape index (κ2) is 6.85. The lowest BCUT2D eigenvalue weighted by Crippen LogP contribution is -2.47. The number of anilines is 2. The van der Waals surface area contributed by atoms with Gasteiger partial charge in [0.15, 0.2) is 11.4 Å². The molecule has 2 heterocycles. The smallest absolute Gasteiger partial charge is 0.376 e. The first-order valence-electron chi connectivity index (χ1n) is 11.5. The fourth-order valence-electron chi connectivity index (χ4n) is 6.02. The van der Waals surface area contributed by atoms with Gasteiger partial charge in [-0.25, -0.2) is 0 Å². The zero-order chi connectivity index (χ0) is 23.0. The van der Waals surface area contributed by atoms with Crippen molar-refractivity contribution >= 4 is 22.4 Å². The Hall–Kier alpha value is -2.81. The lowest BCUT2D eigenvalue weighted by Gasteiger charge is -2.33. The van der Waals surface area contributed by atoms with Crippen LogP contribution in [0.2, 0.25) is 0 Å². The minimum Gasteiger partial charge on any atom is -0.376 e. The lowest BCUT2D eigenvalue weighted by molar-refractivity contribution is -0.288. The number of pyridine rings is 1. The van der Waals surface area contributed by atoms with Crippen molar-refractivity contribution in [2.24, 2.45) is 5.41 Å². The topological polar surface area (TPSA) is 82.9 Å². The third-order valence-corrected chi connectivity index (χ3v) is 7.87. The maximum atomic E-state index is 13.9. The Morgan fingerprint density at radius 2 is 1.91 bits per heavy atom. The molecule has 1 unspecified atom stereocenters. The van der Waals surface area contributed by atoms with E-state index in [1.807, 2.05) is 10.7 Å². The summed E-state index contributed by atoms with van der Waals surface area (Å²) in [7, 11) is 0. The van der Waals surface area contributed by atoms with Gasteiger partial charge in [0, 0.05) is 17.3 Å². The van der Waals surface area contributed by atoms with Gasteiger partial charge in [0.05, 0.1) is 11.6 Å². The molecule has 0 bridgehead atoms. The van der Waals surface area contributed by atoms with E-state index >= 15 is 0 Å². The summed E-state index contributed by atoms with van der Waals surface area (Å²) in [4.78, 5) is 15.4. The van der Waals surface area contributed by atoms with Crippen molar-refractivity contribution in [3.8, 4) is 0 Å². The molecule has 0 amide bonds. The zero-order valence-electron chi connectivity index (χ0n) is 18.0. The van der Waals surface area contributed by atoms with Gasteiger partial charge in [-0.2, -0.15) is 18.3 Å². The van der Waals surface area contributed by atoms with Crippen LogP contribution in [0.1, 0.15) is 62.1 Å². The van der Waals surface area contributed by atoms with Crippen LogP contribution in [0, 0.1) is 5.41 Å². The number of aromatic amines is 1. The Morgan fingerprint density at radius 1 is 1.15 bits per heavy atom. The third kappa shape index (κ3) is 2.90. The number of aromatic nitrogens is 3. The van der Waals surface area contributed by atoms with Gasteiger partial charge < -0.3 is 15.4 Å². The predicted molar refractivity (Wildman–Crippen MR) is 118 cm³/mol. The lowest BCUT2D eigenvalue weighted by atomic mass is 9.83. The van der Waals surface area contributed by atoms with Crippen molar-refractivity contribution in [2.75, 3.05) is 5.32 Å². The highest BCUT2D eigenvalue weighted by Gasteiger charge is 2.74. The van der Waals surface area contributed by atoms with Crippen LogP contribution in [-0.2, 0) is 12.0 Å². The van der Waals surface area contributed by atoms with E-state index in [1.165, 1.54) is 18.6 Å². The van der Waals surface area contributed by atoms with E-state index < -0.39 is 17.2 Å². The molecule has 6 rings (SSSR count). The van der Waals surface area contributed by atoms with Crippen LogP contribution in [0.4, 0.5) is 24.7 Å². The number of H-pyrrole nitrogens is 1. The largest absolute Gasteiger partial charge is 0.422 e. The highest BCUT2D eigenvalue weighted by Crippen LogP contribution is 2.69. The number of aliphatic hydroxyl groups is 1. The fourth-order valence-corrected chi connectivity index (χ4v) is 6.02. The van der Waals surface area contributed by atoms with Crippen LogP contribution >= 0.6 is 0 Å². The number of hydrogen-bond acceptors (Lipinski definition) is 4. The summed E-state index contributed by atoms with van der Waals surface area (Å²) in [5, 5.41) is 19.1. The number of nitrogens with one attached hydrogen (secondary N) is 2. The first-order chi connectivity index (χ1) is 15.7. The Labute approximate surface area is 187 Å². The quantitative estimate of drug-likeness (QED) is 0.512. The molecule has 33 heavy (non-hydrogen) atoms. The normalized spacial score (nSPS) is 24.4. The Morgan fingerprint density at radius 3 is 2.61 bits per heavy atom. The standard InChI is InChI=1S/C24H25F3N4O2/c25-24(26,27)23(33)17-7-6-15(12-14(17)13-22(23)9-10-22)29-20-19-18(8-11-28-21(19)32)31(30-20)16-4-2-1-3-5-16/h6-8,11-12,16,33H,1-5,9-10,13H2,(H,28,32)(H,29,30). The average molecular weight is 458 g/mol. The van der Waals surface area contributed by atoms with Crippen molar-refractivity contribution in [1.82, 2.24) is 14.8 Å². The van der Waals surface area contributed by atoms with Crippen molar-refractivity contribution in [3.05, 3.63) is 51.9 Å². The summed E-state index contributed by atoms with van der Waals surface area (Å²) in [5.41, 5.74) is -2.50. The summed E-state index contributed by atoms with van der Waals surface area (Å²) in [6.45, 7) is 0. The number of rotatable bonds is 3. The third-order valence-electron chi connectivity index (χ3n) is 7.87. The van der Waals surface area contributed by atoms with Gasteiger partial charge in [-0.3, -0.25) is 9.48 Å². The summed E-state index contributed by atoms with van der Waals surface area (Å²) >= 11 is 0. The monoisotopic (exact) mass is 458 g/mol. The molecule has 0 radical (unpaired) electrons. The van der Waals surface area contributed by atoms with Gasteiger partial charge in [0.1, 0.15) is 5.39 Å². The minimum absolute atomic E-state index is 0.0616. The SMILES string of the molecule is O=c1[nH]ccc2c1c(Nc1ccc3c(c1)CC1(CC1)C3(O)C(F)(F)F)nn2C1CCCCC1. The molecule has 0 saturated heterocycles. The van der Waals surface area contributed by atoms with E-state index in [4.69, 9.17) is 5.10 Å². The van der Waals surface area contributed by atoms with Crippen molar-refractivity contribution < 1.29 is 18.3 Å². The van der Waals surface area contributed by atoms with E-state index in [9.17, 15) is 23.1 Å². The molecule has 1 spiro atoms. The molecule has 6 nitrogen and oxygen atoms in total. The molecule has 2 fully saturated rings. The van der Waals surface area contributed by atoms with Gasteiger partial charge in [0.2, 0.25) is 0 Å². The first kappa shape index (κ1) is 20.8. The maximum absolute atomic E-state index is 13.9. The second-order valence-electron chi connectivity index (χ2n) is 9.81. The van der Waals surface area contributed by atoms with E-state index in [0.717, 1.165) is 31.2 Å². The second-order valence-corrected chi connectivity index (χ2v) is 9.81. The molecule has 3 aliphatic carbocycles. The molecule has 1 aromatic carbocycles. The molecular weight excluding hydrogens is 433 g/mol. The van der Waals surface area contributed by atoms with Crippen LogP contribution < -0.4 is 10.9 Å². The summed E-state index contributed by atoms with van der Waals surface area (Å²) in [6, 6.07) is 6.60. The van der Waals surface area contributed by atoms with E-state index in [-0.39, 0.29) is 23.6 Å². The summed E-state index contributed by atoms with van der Waals surface area (Å²) in [6.07, 6.45) is 3.20. The van der Waals surface area contributed by atoms with E-state index in [1.54, 1.807) is 12.3 Å². The van der Waals surface area contributed by atoms with Gasteiger partial charge in [-0.15, -0.1) is 0 Å². The van der Waals surface area contributed by atoms with Crippen molar-refractivity contribution in [3.63, 3.8) is 0 Å². The van der Waals surface area contributed by atoms with Gasteiger partial charge in [-0.05, 0) is 61.4 Å². The predicted octanol–water partition coefficient (Wildman–Crippen LogP) is 5.06. The molecule has 174 valence electrons. The number of nitrogens with zero attached hydrogens (tertiary/aromatic N) is 2. The summed E-state index contributed by atoms with van der Waals surface area (Å²) in [5.74, 6) is 0.391. The van der Waals surface area contributed by atoms with Gasteiger partial charge in [0.25, 0.3) is 5.56 Å². The number of benzene rings is 1. The van der Waals surface area contributed by atoms with Crippen LogP contribution in [-0.4, -0.2) is 26.0 Å². The Balaban J connectivity index is 1.40. The highest BCUT2D eigenvalue weighted by molar-refractivity contribution is 5.91. The molecule has 1 atom stereocenters. The van der Waals surface area contributed by atoms with Crippen LogP contribution in [0.15, 0.2) is 35.3 Å². The number of fused-ring (bicyclic) bond motifs is 2. The molecule has 9 heteroatoms. The summed E-state index contributed by atoms with van der Waals surface area (Å²) < 4.78 is 43.6. The van der Waals surface area contributed by atoms with E-state index in [0.29, 0.717) is 35.3 Å². The Kier molecular flexibility index (Phi) is 4.31. The fraction of sp³-hybridized carbons (Fsp3) is 0.500. The molecule has 2 saturated carbocycles. The Bertz CT molecular complexity index is 1300. The molecule has 3 aromatic rings. The zero-order valence-corrected chi connectivity index (χ0v) is 18.0. The molecule has 3 N–H and O–H groups in total. The first-order valence-corrected chi connectivity index (χ1v) is 11.5. The molecule has 0 aliphatic heterocycles. The number of hydrogen-bond donors (Lipinski definition) is 3. The average Bonchev–Trinajstić information content (AvgIpc) is 3.40.